The zero-order valence-corrected chi connectivity index (χ0v) is 10.0. The van der Waals surface area contributed by atoms with Gasteiger partial charge in [0.1, 0.15) is 0 Å². The van der Waals surface area contributed by atoms with Crippen molar-refractivity contribution in [1.29, 1.82) is 0 Å². The summed E-state index contributed by atoms with van der Waals surface area (Å²) >= 11 is 0. The van der Waals surface area contributed by atoms with Gasteiger partial charge in [-0.05, 0) is 38.5 Å². The fourth-order valence-electron chi connectivity index (χ4n) is 2.06. The van der Waals surface area contributed by atoms with Crippen LogP contribution < -0.4 is 0 Å². The lowest BCUT2D eigenvalue weighted by atomic mass is 9.82. The van der Waals surface area contributed by atoms with Crippen LogP contribution in [0.15, 0.2) is 0 Å². The van der Waals surface area contributed by atoms with Crippen molar-refractivity contribution in [3.05, 3.63) is 0 Å². The molecule has 16 heavy (non-hydrogen) atoms. The smallest absolute Gasteiger partial charge is 0.308 e. The van der Waals surface area contributed by atoms with Gasteiger partial charge in [0.15, 0.2) is 0 Å². The first-order valence-electron chi connectivity index (χ1n) is 5.93. The normalized spacial score (nSPS) is 24.9. The molecule has 0 atom stereocenters. The van der Waals surface area contributed by atoms with Crippen LogP contribution in [0.4, 0.5) is 0 Å². The number of ether oxygens (including phenoxy) is 2. The minimum atomic E-state index is -0.229. The summed E-state index contributed by atoms with van der Waals surface area (Å²) < 4.78 is 9.96. The van der Waals surface area contributed by atoms with Gasteiger partial charge in [-0.25, -0.2) is 0 Å². The maximum absolute atomic E-state index is 11.5. The van der Waals surface area contributed by atoms with Gasteiger partial charge in [-0.15, -0.1) is 0 Å². The SMILES string of the molecule is CCOC(=O)C1CCC(COC(C)=O)CC1. The van der Waals surface area contributed by atoms with Gasteiger partial charge in [0.2, 0.25) is 0 Å². The molecule has 1 saturated carbocycles. The van der Waals surface area contributed by atoms with Crippen LogP contribution in [0.25, 0.3) is 0 Å². The number of hydrogen-bond donors (Lipinski definition) is 0. The van der Waals surface area contributed by atoms with E-state index in [1.165, 1.54) is 6.92 Å². The monoisotopic (exact) mass is 228 g/mol. The molecule has 4 nitrogen and oxygen atoms in total. The van der Waals surface area contributed by atoms with Crippen molar-refractivity contribution in [3.63, 3.8) is 0 Å². The number of carbonyl (C=O) groups excluding carboxylic acids is 2. The van der Waals surface area contributed by atoms with Gasteiger partial charge >= 0.3 is 11.9 Å². The van der Waals surface area contributed by atoms with Gasteiger partial charge in [-0.2, -0.15) is 0 Å². The first-order chi connectivity index (χ1) is 7.63. The second-order valence-corrected chi connectivity index (χ2v) is 4.27. The molecule has 1 aliphatic rings. The second-order valence-electron chi connectivity index (χ2n) is 4.27. The third-order valence-corrected chi connectivity index (χ3v) is 2.99. The van der Waals surface area contributed by atoms with Crippen molar-refractivity contribution in [2.45, 2.75) is 39.5 Å². The van der Waals surface area contributed by atoms with Crippen molar-refractivity contribution in [2.75, 3.05) is 13.2 Å². The largest absolute Gasteiger partial charge is 0.466 e. The summed E-state index contributed by atoms with van der Waals surface area (Å²) in [7, 11) is 0. The van der Waals surface area contributed by atoms with E-state index >= 15 is 0 Å². The average molecular weight is 228 g/mol. The topological polar surface area (TPSA) is 52.6 Å². The lowest BCUT2D eigenvalue weighted by molar-refractivity contribution is -0.150. The maximum atomic E-state index is 11.5. The minimum Gasteiger partial charge on any atom is -0.466 e. The van der Waals surface area contributed by atoms with E-state index in [9.17, 15) is 9.59 Å². The Kier molecular flexibility index (Phi) is 5.29. The Labute approximate surface area is 96.3 Å². The van der Waals surface area contributed by atoms with Gasteiger partial charge < -0.3 is 9.47 Å². The quantitative estimate of drug-likeness (QED) is 0.690. The first kappa shape index (κ1) is 13.0. The molecule has 0 bridgehead atoms. The summed E-state index contributed by atoms with van der Waals surface area (Å²) in [5.41, 5.74) is 0. The van der Waals surface area contributed by atoms with E-state index in [0.29, 0.717) is 19.1 Å². The van der Waals surface area contributed by atoms with Crippen LogP contribution in [0.1, 0.15) is 39.5 Å². The summed E-state index contributed by atoms with van der Waals surface area (Å²) in [6.45, 7) is 4.19. The standard InChI is InChI=1S/C12H20O4/c1-3-15-12(14)11-6-4-10(5-7-11)8-16-9(2)13/h10-11H,3-8H2,1-2H3. The average Bonchev–Trinajstić information content (AvgIpc) is 2.27. The fourth-order valence-corrected chi connectivity index (χ4v) is 2.06. The van der Waals surface area contributed by atoms with Crippen LogP contribution in [0.5, 0.6) is 0 Å². The lowest BCUT2D eigenvalue weighted by Crippen LogP contribution is -2.26. The third-order valence-electron chi connectivity index (χ3n) is 2.99. The third kappa shape index (κ3) is 4.21. The van der Waals surface area contributed by atoms with Gasteiger partial charge in [0.05, 0.1) is 19.1 Å². The molecule has 92 valence electrons. The molecule has 0 aromatic rings. The molecule has 0 radical (unpaired) electrons. The van der Waals surface area contributed by atoms with Crippen LogP contribution in [0.3, 0.4) is 0 Å². The number of hydrogen-bond acceptors (Lipinski definition) is 4. The first-order valence-corrected chi connectivity index (χ1v) is 5.93. The molecule has 1 aliphatic carbocycles. The van der Waals surface area contributed by atoms with Crippen molar-refractivity contribution in [3.8, 4) is 0 Å². The van der Waals surface area contributed by atoms with Crippen LogP contribution >= 0.6 is 0 Å². The van der Waals surface area contributed by atoms with E-state index in [1.807, 2.05) is 6.92 Å². The Morgan fingerprint density at radius 2 is 1.75 bits per heavy atom. The molecule has 0 aromatic carbocycles. The molecule has 0 N–H and O–H groups in total. The summed E-state index contributed by atoms with van der Waals surface area (Å²) in [5.74, 6) is 0.157. The summed E-state index contributed by atoms with van der Waals surface area (Å²) in [6, 6.07) is 0. The van der Waals surface area contributed by atoms with E-state index in [4.69, 9.17) is 9.47 Å². The Balaban J connectivity index is 2.23. The predicted molar refractivity (Wildman–Crippen MR) is 58.7 cm³/mol. The lowest BCUT2D eigenvalue weighted by Gasteiger charge is -2.26. The van der Waals surface area contributed by atoms with Crippen LogP contribution in [0, 0.1) is 11.8 Å². The van der Waals surface area contributed by atoms with E-state index in [0.717, 1.165) is 25.7 Å². The van der Waals surface area contributed by atoms with E-state index in [-0.39, 0.29) is 17.9 Å². The van der Waals surface area contributed by atoms with E-state index in [1.54, 1.807) is 0 Å². The second kappa shape index (κ2) is 6.51. The summed E-state index contributed by atoms with van der Waals surface area (Å²) in [4.78, 5) is 22.1. The van der Waals surface area contributed by atoms with Crippen LogP contribution in [0.2, 0.25) is 0 Å². The summed E-state index contributed by atoms with van der Waals surface area (Å²) in [5, 5.41) is 0. The van der Waals surface area contributed by atoms with Crippen molar-refractivity contribution >= 4 is 11.9 Å². The molecule has 1 fully saturated rings. The van der Waals surface area contributed by atoms with Crippen LogP contribution in [-0.4, -0.2) is 25.2 Å². The molecule has 0 amide bonds. The highest BCUT2D eigenvalue weighted by molar-refractivity contribution is 5.72. The highest BCUT2D eigenvalue weighted by atomic mass is 16.5. The molecule has 0 saturated heterocycles. The van der Waals surface area contributed by atoms with Gasteiger partial charge in [0.25, 0.3) is 0 Å². The molecule has 0 spiro atoms. The zero-order valence-electron chi connectivity index (χ0n) is 10.0. The molecule has 4 heteroatoms. The molecule has 0 heterocycles. The molecule has 0 unspecified atom stereocenters. The van der Waals surface area contributed by atoms with E-state index in [2.05, 4.69) is 0 Å². The molecule has 0 aromatic heterocycles. The minimum absolute atomic E-state index is 0.0496. The van der Waals surface area contributed by atoms with Crippen molar-refractivity contribution in [2.24, 2.45) is 11.8 Å². The number of esters is 2. The maximum Gasteiger partial charge on any atom is 0.308 e. The highest BCUT2D eigenvalue weighted by Crippen LogP contribution is 2.29. The molecular formula is C12H20O4. The molecule has 0 aliphatic heterocycles. The Hall–Kier alpha value is -1.06. The van der Waals surface area contributed by atoms with Crippen molar-refractivity contribution < 1.29 is 19.1 Å². The zero-order chi connectivity index (χ0) is 12.0. The molecule has 1 rings (SSSR count). The number of carbonyl (C=O) groups is 2. The van der Waals surface area contributed by atoms with E-state index < -0.39 is 0 Å². The fraction of sp³-hybridized carbons (Fsp3) is 0.833. The van der Waals surface area contributed by atoms with Gasteiger partial charge in [-0.3, -0.25) is 9.59 Å². The number of rotatable bonds is 4. The Morgan fingerprint density at radius 1 is 1.12 bits per heavy atom. The molecular weight excluding hydrogens is 208 g/mol. The van der Waals surface area contributed by atoms with Gasteiger partial charge in [0, 0.05) is 6.92 Å². The van der Waals surface area contributed by atoms with Crippen molar-refractivity contribution in [1.82, 2.24) is 0 Å². The highest BCUT2D eigenvalue weighted by Gasteiger charge is 2.27. The Morgan fingerprint density at radius 3 is 2.25 bits per heavy atom. The van der Waals surface area contributed by atoms with Crippen LogP contribution in [-0.2, 0) is 19.1 Å². The Bertz CT molecular complexity index is 241. The predicted octanol–water partition coefficient (Wildman–Crippen LogP) is 1.92. The summed E-state index contributed by atoms with van der Waals surface area (Å²) in [6.07, 6.45) is 3.59. The van der Waals surface area contributed by atoms with Gasteiger partial charge in [-0.1, -0.05) is 0 Å².